The van der Waals surface area contributed by atoms with E-state index in [2.05, 4.69) is 12.1 Å². The molecule has 1 saturated carbocycles. The molecule has 1 aliphatic rings. The lowest BCUT2D eigenvalue weighted by atomic mass is 9.93. The predicted octanol–water partition coefficient (Wildman–Crippen LogP) is 2.93. The van der Waals surface area contributed by atoms with Crippen molar-refractivity contribution in [3.63, 3.8) is 0 Å². The van der Waals surface area contributed by atoms with Crippen molar-refractivity contribution in [2.75, 3.05) is 7.11 Å². The van der Waals surface area contributed by atoms with Gasteiger partial charge in [0, 0.05) is 0 Å². The SMILES string of the molecule is COc1ccc(CCC2(O)CCCC2)cc1. The molecule has 0 atom stereocenters. The standard InChI is InChI=1S/C14H20O2/c1-16-13-6-4-12(5-7-13)8-11-14(15)9-2-3-10-14/h4-7,15H,2-3,8-11H2,1H3. The van der Waals surface area contributed by atoms with E-state index < -0.39 is 0 Å². The molecule has 88 valence electrons. The van der Waals surface area contributed by atoms with E-state index >= 15 is 0 Å². The Kier molecular flexibility index (Phi) is 3.49. The van der Waals surface area contributed by atoms with Gasteiger partial charge in [-0.1, -0.05) is 25.0 Å². The van der Waals surface area contributed by atoms with Gasteiger partial charge in [0.05, 0.1) is 12.7 Å². The zero-order valence-electron chi connectivity index (χ0n) is 9.91. The fourth-order valence-corrected chi connectivity index (χ4v) is 2.45. The van der Waals surface area contributed by atoms with Crippen LogP contribution in [0.2, 0.25) is 0 Å². The molecule has 1 N–H and O–H groups in total. The van der Waals surface area contributed by atoms with Crippen LogP contribution in [0.1, 0.15) is 37.7 Å². The van der Waals surface area contributed by atoms with Crippen LogP contribution in [0.3, 0.4) is 0 Å². The van der Waals surface area contributed by atoms with Gasteiger partial charge < -0.3 is 9.84 Å². The van der Waals surface area contributed by atoms with Crippen molar-refractivity contribution < 1.29 is 9.84 Å². The van der Waals surface area contributed by atoms with Crippen molar-refractivity contribution in [2.45, 2.75) is 44.1 Å². The smallest absolute Gasteiger partial charge is 0.118 e. The third-order valence-corrected chi connectivity index (χ3v) is 3.57. The normalized spacial score (nSPS) is 18.6. The summed E-state index contributed by atoms with van der Waals surface area (Å²) in [4.78, 5) is 0. The molecule has 1 fully saturated rings. The molecule has 1 aromatic rings. The summed E-state index contributed by atoms with van der Waals surface area (Å²) >= 11 is 0. The van der Waals surface area contributed by atoms with Crippen LogP contribution in [0.5, 0.6) is 5.75 Å². The maximum Gasteiger partial charge on any atom is 0.118 e. The summed E-state index contributed by atoms with van der Waals surface area (Å²) < 4.78 is 5.12. The zero-order chi connectivity index (χ0) is 11.4. The van der Waals surface area contributed by atoms with Crippen molar-refractivity contribution >= 4 is 0 Å². The Balaban J connectivity index is 1.89. The van der Waals surface area contributed by atoms with Gasteiger partial charge in [0.25, 0.3) is 0 Å². The maximum atomic E-state index is 10.2. The summed E-state index contributed by atoms with van der Waals surface area (Å²) in [6, 6.07) is 8.12. The zero-order valence-corrected chi connectivity index (χ0v) is 9.91. The molecular weight excluding hydrogens is 200 g/mol. The molecule has 0 saturated heterocycles. The second-order valence-corrected chi connectivity index (χ2v) is 4.78. The Labute approximate surface area is 97.3 Å². The molecule has 1 aromatic carbocycles. The largest absolute Gasteiger partial charge is 0.497 e. The van der Waals surface area contributed by atoms with E-state index in [0.29, 0.717) is 0 Å². The number of ether oxygens (including phenoxy) is 1. The third-order valence-electron chi connectivity index (χ3n) is 3.57. The highest BCUT2D eigenvalue weighted by molar-refractivity contribution is 5.27. The second-order valence-electron chi connectivity index (χ2n) is 4.78. The second kappa shape index (κ2) is 4.88. The summed E-state index contributed by atoms with van der Waals surface area (Å²) in [5.41, 5.74) is 0.890. The van der Waals surface area contributed by atoms with E-state index in [-0.39, 0.29) is 5.60 Å². The monoisotopic (exact) mass is 220 g/mol. The van der Waals surface area contributed by atoms with Crippen molar-refractivity contribution in [1.29, 1.82) is 0 Å². The minimum atomic E-state index is -0.389. The third kappa shape index (κ3) is 2.76. The molecule has 0 radical (unpaired) electrons. The number of aliphatic hydroxyl groups is 1. The fourth-order valence-electron chi connectivity index (χ4n) is 2.45. The molecule has 0 unspecified atom stereocenters. The average Bonchev–Trinajstić information content (AvgIpc) is 2.75. The van der Waals surface area contributed by atoms with Crippen LogP contribution in [-0.4, -0.2) is 17.8 Å². The van der Waals surface area contributed by atoms with E-state index in [0.717, 1.165) is 31.4 Å². The Hall–Kier alpha value is -1.02. The molecular formula is C14H20O2. The number of rotatable bonds is 4. The molecule has 1 aliphatic carbocycles. The van der Waals surface area contributed by atoms with E-state index in [1.54, 1.807) is 7.11 Å². The predicted molar refractivity (Wildman–Crippen MR) is 64.7 cm³/mol. The van der Waals surface area contributed by atoms with Crippen molar-refractivity contribution in [1.82, 2.24) is 0 Å². The molecule has 0 aromatic heterocycles. The summed E-state index contributed by atoms with van der Waals surface area (Å²) in [6.45, 7) is 0. The van der Waals surface area contributed by atoms with E-state index in [4.69, 9.17) is 4.74 Å². The first kappa shape index (κ1) is 11.5. The summed E-state index contributed by atoms with van der Waals surface area (Å²) in [5.74, 6) is 0.892. The molecule has 0 amide bonds. The fraction of sp³-hybridized carbons (Fsp3) is 0.571. The van der Waals surface area contributed by atoms with Gasteiger partial charge in [-0.3, -0.25) is 0 Å². The van der Waals surface area contributed by atoms with Crippen LogP contribution in [0.25, 0.3) is 0 Å². The van der Waals surface area contributed by atoms with Crippen LogP contribution in [0.4, 0.5) is 0 Å². The van der Waals surface area contributed by atoms with Gasteiger partial charge in [-0.25, -0.2) is 0 Å². The summed E-state index contributed by atoms with van der Waals surface area (Å²) in [6.07, 6.45) is 6.16. The summed E-state index contributed by atoms with van der Waals surface area (Å²) in [5, 5.41) is 10.2. The van der Waals surface area contributed by atoms with Gasteiger partial charge in [0.15, 0.2) is 0 Å². The maximum absolute atomic E-state index is 10.2. The lowest BCUT2D eigenvalue weighted by Crippen LogP contribution is -2.24. The number of hydrogen-bond donors (Lipinski definition) is 1. The van der Waals surface area contributed by atoms with E-state index in [1.165, 1.54) is 18.4 Å². The van der Waals surface area contributed by atoms with Gasteiger partial charge in [0.2, 0.25) is 0 Å². The number of hydrogen-bond acceptors (Lipinski definition) is 2. The lowest BCUT2D eigenvalue weighted by Gasteiger charge is -2.21. The Morgan fingerprint density at radius 3 is 2.38 bits per heavy atom. The Morgan fingerprint density at radius 2 is 1.81 bits per heavy atom. The molecule has 2 rings (SSSR count). The molecule has 2 heteroatoms. The van der Waals surface area contributed by atoms with Crippen molar-refractivity contribution in [3.8, 4) is 5.75 Å². The minimum Gasteiger partial charge on any atom is -0.497 e. The first-order valence-electron chi connectivity index (χ1n) is 6.07. The molecule has 0 bridgehead atoms. The van der Waals surface area contributed by atoms with E-state index in [9.17, 15) is 5.11 Å². The number of methoxy groups -OCH3 is 1. The van der Waals surface area contributed by atoms with Crippen LogP contribution < -0.4 is 4.74 Å². The van der Waals surface area contributed by atoms with Crippen LogP contribution >= 0.6 is 0 Å². The van der Waals surface area contributed by atoms with Gasteiger partial charge in [-0.05, 0) is 43.4 Å². The number of aryl methyl sites for hydroxylation is 1. The van der Waals surface area contributed by atoms with Crippen LogP contribution in [-0.2, 0) is 6.42 Å². The molecule has 0 aliphatic heterocycles. The number of benzene rings is 1. The first-order chi connectivity index (χ1) is 7.72. The molecule has 2 nitrogen and oxygen atoms in total. The van der Waals surface area contributed by atoms with E-state index in [1.807, 2.05) is 12.1 Å². The van der Waals surface area contributed by atoms with Gasteiger partial charge >= 0.3 is 0 Å². The first-order valence-corrected chi connectivity index (χ1v) is 6.07. The molecule has 0 spiro atoms. The lowest BCUT2D eigenvalue weighted by molar-refractivity contribution is 0.0391. The average molecular weight is 220 g/mol. The van der Waals surface area contributed by atoms with Gasteiger partial charge in [0.1, 0.15) is 5.75 Å². The molecule has 0 heterocycles. The minimum absolute atomic E-state index is 0.389. The summed E-state index contributed by atoms with van der Waals surface area (Å²) in [7, 11) is 1.68. The van der Waals surface area contributed by atoms with Gasteiger partial charge in [-0.2, -0.15) is 0 Å². The molecule has 16 heavy (non-hydrogen) atoms. The van der Waals surface area contributed by atoms with Crippen LogP contribution in [0.15, 0.2) is 24.3 Å². The van der Waals surface area contributed by atoms with Gasteiger partial charge in [-0.15, -0.1) is 0 Å². The van der Waals surface area contributed by atoms with Crippen molar-refractivity contribution in [2.24, 2.45) is 0 Å². The Morgan fingerprint density at radius 1 is 1.19 bits per heavy atom. The highest BCUT2D eigenvalue weighted by Crippen LogP contribution is 2.33. The quantitative estimate of drug-likeness (QED) is 0.845. The van der Waals surface area contributed by atoms with Crippen LogP contribution in [0, 0.1) is 0 Å². The topological polar surface area (TPSA) is 29.5 Å². The Bertz CT molecular complexity index is 323. The van der Waals surface area contributed by atoms with Crippen molar-refractivity contribution in [3.05, 3.63) is 29.8 Å². The highest BCUT2D eigenvalue weighted by Gasteiger charge is 2.30. The highest BCUT2D eigenvalue weighted by atomic mass is 16.5.